The van der Waals surface area contributed by atoms with E-state index in [-0.39, 0.29) is 5.56 Å². The Kier molecular flexibility index (Phi) is 2.68. The lowest BCUT2D eigenvalue weighted by Gasteiger charge is -2.05. The molecule has 0 aliphatic rings. The van der Waals surface area contributed by atoms with Gasteiger partial charge in [0.2, 0.25) is 0 Å². The molecule has 5 nitrogen and oxygen atoms in total. The Balaban J connectivity index is 2.37. The fourth-order valence-electron chi connectivity index (χ4n) is 1.94. The second-order valence-electron chi connectivity index (χ2n) is 3.93. The van der Waals surface area contributed by atoms with E-state index in [0.29, 0.717) is 21.7 Å². The van der Waals surface area contributed by atoms with Crippen molar-refractivity contribution in [3.63, 3.8) is 0 Å². The number of rotatable bonds is 2. The Morgan fingerprint density at radius 1 is 1.16 bits per heavy atom. The van der Waals surface area contributed by atoms with E-state index in [1.165, 1.54) is 10.7 Å². The van der Waals surface area contributed by atoms with Crippen molar-refractivity contribution in [3.8, 4) is 5.69 Å². The zero-order valence-corrected chi connectivity index (χ0v) is 10.4. The first-order chi connectivity index (χ1) is 9.18. The largest absolute Gasteiger partial charge is 0.478 e. The SMILES string of the molecule is O=C(O)c1cccc2nnn(-c3ccccc3Cl)c12. The summed E-state index contributed by atoms with van der Waals surface area (Å²) in [6.07, 6.45) is 0. The molecule has 94 valence electrons. The summed E-state index contributed by atoms with van der Waals surface area (Å²) in [7, 11) is 0. The van der Waals surface area contributed by atoms with E-state index in [2.05, 4.69) is 10.3 Å². The summed E-state index contributed by atoms with van der Waals surface area (Å²) in [6.45, 7) is 0. The lowest BCUT2D eigenvalue weighted by Crippen LogP contribution is -2.03. The zero-order valence-electron chi connectivity index (χ0n) is 9.62. The molecule has 0 saturated carbocycles. The van der Waals surface area contributed by atoms with Gasteiger partial charge >= 0.3 is 5.97 Å². The molecule has 0 aliphatic heterocycles. The van der Waals surface area contributed by atoms with Gasteiger partial charge in [-0.3, -0.25) is 0 Å². The van der Waals surface area contributed by atoms with Gasteiger partial charge in [0.15, 0.2) is 0 Å². The first-order valence-corrected chi connectivity index (χ1v) is 5.89. The van der Waals surface area contributed by atoms with Gasteiger partial charge in [-0.1, -0.05) is 35.0 Å². The summed E-state index contributed by atoms with van der Waals surface area (Å²) in [4.78, 5) is 11.3. The normalized spacial score (nSPS) is 10.8. The molecule has 0 atom stereocenters. The predicted octanol–water partition coefficient (Wildman–Crippen LogP) is 2.77. The second kappa shape index (κ2) is 4.37. The Labute approximate surface area is 113 Å². The summed E-state index contributed by atoms with van der Waals surface area (Å²) in [5.41, 5.74) is 1.69. The minimum absolute atomic E-state index is 0.141. The summed E-state index contributed by atoms with van der Waals surface area (Å²) in [6, 6.07) is 11.9. The van der Waals surface area contributed by atoms with Gasteiger partial charge in [0, 0.05) is 0 Å². The number of hydrogen-bond donors (Lipinski definition) is 1. The Hall–Kier alpha value is -2.40. The average Bonchev–Trinajstić information content (AvgIpc) is 2.82. The molecule has 0 spiro atoms. The number of carboxylic acid groups (broad SMARTS) is 1. The number of benzene rings is 2. The number of nitrogens with zero attached hydrogens (tertiary/aromatic N) is 3. The number of carboxylic acids is 1. The van der Waals surface area contributed by atoms with Crippen LogP contribution in [0.2, 0.25) is 5.02 Å². The summed E-state index contributed by atoms with van der Waals surface area (Å²) in [5, 5.41) is 17.7. The summed E-state index contributed by atoms with van der Waals surface area (Å²) >= 11 is 6.11. The smallest absolute Gasteiger partial charge is 0.337 e. The van der Waals surface area contributed by atoms with Crippen molar-refractivity contribution in [1.82, 2.24) is 15.0 Å². The van der Waals surface area contributed by atoms with E-state index in [0.717, 1.165) is 0 Å². The van der Waals surface area contributed by atoms with Crippen LogP contribution < -0.4 is 0 Å². The molecule has 0 fully saturated rings. The van der Waals surface area contributed by atoms with Crippen molar-refractivity contribution in [3.05, 3.63) is 53.1 Å². The maximum absolute atomic E-state index is 11.3. The van der Waals surface area contributed by atoms with Gasteiger partial charge in [0.25, 0.3) is 0 Å². The molecule has 0 radical (unpaired) electrons. The van der Waals surface area contributed by atoms with Gasteiger partial charge < -0.3 is 5.11 Å². The molecule has 0 saturated heterocycles. The van der Waals surface area contributed by atoms with Gasteiger partial charge in [-0.05, 0) is 24.3 Å². The molecule has 1 heterocycles. The van der Waals surface area contributed by atoms with E-state index >= 15 is 0 Å². The number of halogens is 1. The standard InChI is InChI=1S/C13H8ClN3O2/c14-9-5-1-2-7-11(9)17-12-8(13(18)19)4-3-6-10(12)15-16-17/h1-7H,(H,18,19). The molecular weight excluding hydrogens is 266 g/mol. The van der Waals surface area contributed by atoms with Crippen molar-refractivity contribution >= 4 is 28.6 Å². The molecule has 2 aromatic carbocycles. The third-order valence-corrected chi connectivity index (χ3v) is 3.10. The van der Waals surface area contributed by atoms with E-state index in [9.17, 15) is 9.90 Å². The van der Waals surface area contributed by atoms with Crippen LogP contribution in [0.4, 0.5) is 0 Å². The molecule has 0 amide bonds. The van der Waals surface area contributed by atoms with Crippen LogP contribution in [0.3, 0.4) is 0 Å². The maximum Gasteiger partial charge on any atom is 0.337 e. The number of aromatic nitrogens is 3. The van der Waals surface area contributed by atoms with Crippen LogP contribution >= 0.6 is 11.6 Å². The van der Waals surface area contributed by atoms with Gasteiger partial charge in [-0.15, -0.1) is 5.10 Å². The topological polar surface area (TPSA) is 68.0 Å². The van der Waals surface area contributed by atoms with E-state index < -0.39 is 5.97 Å². The fraction of sp³-hybridized carbons (Fsp3) is 0. The molecule has 0 unspecified atom stereocenters. The number of para-hydroxylation sites is 2. The third-order valence-electron chi connectivity index (χ3n) is 2.78. The Morgan fingerprint density at radius 3 is 2.68 bits per heavy atom. The Bertz CT molecular complexity index is 782. The highest BCUT2D eigenvalue weighted by Crippen LogP contribution is 2.25. The predicted molar refractivity (Wildman–Crippen MR) is 70.8 cm³/mol. The summed E-state index contributed by atoms with van der Waals surface area (Å²) in [5.74, 6) is -1.03. The van der Waals surface area contributed by atoms with Crippen LogP contribution in [0.25, 0.3) is 16.7 Å². The first kappa shape index (κ1) is 11.7. The van der Waals surface area contributed by atoms with Crippen molar-refractivity contribution in [2.75, 3.05) is 0 Å². The molecule has 3 rings (SSSR count). The van der Waals surface area contributed by atoms with Crippen molar-refractivity contribution < 1.29 is 9.90 Å². The monoisotopic (exact) mass is 273 g/mol. The molecule has 3 aromatic rings. The van der Waals surface area contributed by atoms with Crippen molar-refractivity contribution in [1.29, 1.82) is 0 Å². The maximum atomic E-state index is 11.3. The lowest BCUT2D eigenvalue weighted by molar-refractivity contribution is 0.0698. The summed E-state index contributed by atoms with van der Waals surface area (Å²) < 4.78 is 1.45. The van der Waals surface area contributed by atoms with Crippen LogP contribution in [0, 0.1) is 0 Å². The average molecular weight is 274 g/mol. The quantitative estimate of drug-likeness (QED) is 0.779. The van der Waals surface area contributed by atoms with Crippen LogP contribution in [-0.4, -0.2) is 26.1 Å². The highest BCUT2D eigenvalue weighted by atomic mass is 35.5. The van der Waals surface area contributed by atoms with Crippen LogP contribution in [-0.2, 0) is 0 Å². The molecule has 6 heteroatoms. The van der Waals surface area contributed by atoms with E-state index in [1.807, 2.05) is 0 Å². The number of fused-ring (bicyclic) bond motifs is 1. The molecular formula is C13H8ClN3O2. The highest BCUT2D eigenvalue weighted by molar-refractivity contribution is 6.32. The van der Waals surface area contributed by atoms with Crippen LogP contribution in [0.1, 0.15) is 10.4 Å². The minimum atomic E-state index is -1.03. The first-order valence-electron chi connectivity index (χ1n) is 5.51. The number of aromatic carboxylic acids is 1. The van der Waals surface area contributed by atoms with Crippen LogP contribution in [0.15, 0.2) is 42.5 Å². The second-order valence-corrected chi connectivity index (χ2v) is 4.34. The van der Waals surface area contributed by atoms with Gasteiger partial charge in [0.1, 0.15) is 11.0 Å². The number of carbonyl (C=O) groups is 1. The van der Waals surface area contributed by atoms with Crippen molar-refractivity contribution in [2.45, 2.75) is 0 Å². The van der Waals surface area contributed by atoms with E-state index in [4.69, 9.17) is 11.6 Å². The van der Waals surface area contributed by atoms with E-state index in [1.54, 1.807) is 36.4 Å². The zero-order chi connectivity index (χ0) is 13.4. The van der Waals surface area contributed by atoms with Gasteiger partial charge in [-0.25, -0.2) is 9.48 Å². The van der Waals surface area contributed by atoms with Gasteiger partial charge in [-0.2, -0.15) is 0 Å². The lowest BCUT2D eigenvalue weighted by atomic mass is 10.2. The third kappa shape index (κ3) is 1.84. The molecule has 0 aliphatic carbocycles. The molecule has 0 bridgehead atoms. The van der Waals surface area contributed by atoms with Crippen molar-refractivity contribution in [2.24, 2.45) is 0 Å². The van der Waals surface area contributed by atoms with Crippen LogP contribution in [0.5, 0.6) is 0 Å². The highest BCUT2D eigenvalue weighted by Gasteiger charge is 2.16. The molecule has 1 N–H and O–H groups in total. The molecule has 1 aromatic heterocycles. The van der Waals surface area contributed by atoms with Gasteiger partial charge in [0.05, 0.1) is 16.3 Å². The fourth-order valence-corrected chi connectivity index (χ4v) is 2.15. The minimum Gasteiger partial charge on any atom is -0.478 e. The Morgan fingerprint density at radius 2 is 1.95 bits per heavy atom. The number of hydrogen-bond acceptors (Lipinski definition) is 3. The molecule has 19 heavy (non-hydrogen) atoms.